The summed E-state index contributed by atoms with van der Waals surface area (Å²) in [6, 6.07) is 7.53. The summed E-state index contributed by atoms with van der Waals surface area (Å²) in [5.74, 6) is -0.399. The molecule has 0 saturated carbocycles. The molecule has 0 saturated heterocycles. The molecular formula is C13H10BrFN2O. The van der Waals surface area contributed by atoms with Gasteiger partial charge < -0.3 is 5.32 Å². The molecule has 18 heavy (non-hydrogen) atoms. The molecule has 1 aromatic carbocycles. The average molecular weight is 309 g/mol. The van der Waals surface area contributed by atoms with Crippen LogP contribution in [0.15, 0.2) is 41.0 Å². The largest absolute Gasteiger partial charge is 0.307 e. The van der Waals surface area contributed by atoms with E-state index in [1.165, 1.54) is 12.1 Å². The van der Waals surface area contributed by atoms with Crippen molar-refractivity contribution in [2.24, 2.45) is 0 Å². The van der Waals surface area contributed by atoms with Gasteiger partial charge in [0.25, 0.3) is 5.91 Å². The number of aryl methyl sites for hydroxylation is 1. The SMILES string of the molecule is Cc1ccc(F)cc1C(=O)Nc1cc(Br)ccn1. The number of rotatable bonds is 2. The molecule has 92 valence electrons. The quantitative estimate of drug-likeness (QED) is 0.922. The minimum Gasteiger partial charge on any atom is -0.307 e. The van der Waals surface area contributed by atoms with E-state index in [1.54, 1.807) is 31.3 Å². The normalized spacial score (nSPS) is 10.2. The number of anilines is 1. The average Bonchev–Trinajstić information content (AvgIpc) is 2.32. The topological polar surface area (TPSA) is 42.0 Å². The zero-order chi connectivity index (χ0) is 13.1. The molecule has 0 fully saturated rings. The van der Waals surface area contributed by atoms with E-state index in [4.69, 9.17) is 0 Å². The van der Waals surface area contributed by atoms with E-state index in [0.29, 0.717) is 16.9 Å². The van der Waals surface area contributed by atoms with Gasteiger partial charge in [0.05, 0.1) is 0 Å². The Kier molecular flexibility index (Phi) is 3.72. The van der Waals surface area contributed by atoms with Crippen molar-refractivity contribution in [2.75, 3.05) is 5.32 Å². The van der Waals surface area contributed by atoms with Gasteiger partial charge in [0.1, 0.15) is 11.6 Å². The molecule has 0 spiro atoms. The van der Waals surface area contributed by atoms with Gasteiger partial charge in [0.15, 0.2) is 0 Å². The minimum atomic E-state index is -0.437. The molecule has 3 nitrogen and oxygen atoms in total. The molecule has 0 aliphatic heterocycles. The van der Waals surface area contributed by atoms with Crippen LogP contribution in [0.3, 0.4) is 0 Å². The lowest BCUT2D eigenvalue weighted by atomic mass is 10.1. The third-order valence-corrected chi connectivity index (χ3v) is 2.90. The summed E-state index contributed by atoms with van der Waals surface area (Å²) in [6.07, 6.45) is 1.57. The Morgan fingerprint density at radius 2 is 2.11 bits per heavy atom. The maximum Gasteiger partial charge on any atom is 0.257 e. The first kappa shape index (κ1) is 12.7. The molecular weight excluding hydrogens is 299 g/mol. The molecule has 2 rings (SSSR count). The Bertz CT molecular complexity index is 601. The molecule has 1 aromatic heterocycles. The van der Waals surface area contributed by atoms with Crippen LogP contribution in [0.4, 0.5) is 10.2 Å². The lowest BCUT2D eigenvalue weighted by Crippen LogP contribution is -2.14. The molecule has 0 aliphatic carbocycles. The summed E-state index contributed by atoms with van der Waals surface area (Å²) >= 11 is 3.28. The lowest BCUT2D eigenvalue weighted by molar-refractivity contribution is 0.102. The predicted molar refractivity (Wildman–Crippen MR) is 71.0 cm³/mol. The second kappa shape index (κ2) is 5.27. The van der Waals surface area contributed by atoms with Gasteiger partial charge in [-0.2, -0.15) is 0 Å². The van der Waals surface area contributed by atoms with E-state index in [1.807, 2.05) is 0 Å². The van der Waals surface area contributed by atoms with Gasteiger partial charge in [-0.05, 0) is 36.8 Å². The smallest absolute Gasteiger partial charge is 0.257 e. The molecule has 1 N–H and O–H groups in total. The van der Waals surface area contributed by atoms with Crippen LogP contribution in [-0.4, -0.2) is 10.9 Å². The Labute approximate surface area is 112 Å². The highest BCUT2D eigenvalue weighted by Gasteiger charge is 2.11. The molecule has 1 amide bonds. The van der Waals surface area contributed by atoms with Gasteiger partial charge in [-0.25, -0.2) is 9.37 Å². The van der Waals surface area contributed by atoms with Crippen LogP contribution in [0.1, 0.15) is 15.9 Å². The summed E-state index contributed by atoms with van der Waals surface area (Å²) < 4.78 is 13.9. The summed E-state index contributed by atoms with van der Waals surface area (Å²) in [7, 11) is 0. The third kappa shape index (κ3) is 2.92. The second-order valence-electron chi connectivity index (χ2n) is 3.77. The highest BCUT2D eigenvalue weighted by molar-refractivity contribution is 9.10. The molecule has 0 atom stereocenters. The van der Waals surface area contributed by atoms with Crippen LogP contribution in [-0.2, 0) is 0 Å². The molecule has 1 heterocycles. The number of nitrogens with one attached hydrogen (secondary N) is 1. The van der Waals surface area contributed by atoms with Crippen molar-refractivity contribution in [2.45, 2.75) is 6.92 Å². The van der Waals surface area contributed by atoms with Crippen LogP contribution < -0.4 is 5.32 Å². The number of carbonyl (C=O) groups excluding carboxylic acids is 1. The fourth-order valence-electron chi connectivity index (χ4n) is 1.50. The number of pyridine rings is 1. The van der Waals surface area contributed by atoms with E-state index in [2.05, 4.69) is 26.2 Å². The van der Waals surface area contributed by atoms with Crippen molar-refractivity contribution in [3.05, 3.63) is 57.9 Å². The van der Waals surface area contributed by atoms with Crippen LogP contribution >= 0.6 is 15.9 Å². The van der Waals surface area contributed by atoms with Crippen molar-refractivity contribution in [1.82, 2.24) is 4.98 Å². The van der Waals surface area contributed by atoms with Crippen LogP contribution in [0.25, 0.3) is 0 Å². The monoisotopic (exact) mass is 308 g/mol. The number of carbonyl (C=O) groups is 1. The number of amides is 1. The highest BCUT2D eigenvalue weighted by Crippen LogP contribution is 2.15. The van der Waals surface area contributed by atoms with E-state index in [-0.39, 0.29) is 5.91 Å². The van der Waals surface area contributed by atoms with E-state index < -0.39 is 5.82 Å². The molecule has 0 aliphatic rings. The molecule has 2 aromatic rings. The van der Waals surface area contributed by atoms with Gasteiger partial charge in [0, 0.05) is 16.2 Å². The molecule has 0 bridgehead atoms. The maximum atomic E-state index is 13.1. The summed E-state index contributed by atoms with van der Waals surface area (Å²) in [5, 5.41) is 2.62. The Balaban J connectivity index is 2.24. The third-order valence-electron chi connectivity index (χ3n) is 2.41. The summed E-state index contributed by atoms with van der Waals surface area (Å²) in [5.41, 5.74) is 1.01. The Morgan fingerprint density at radius 1 is 1.33 bits per heavy atom. The van der Waals surface area contributed by atoms with Crippen LogP contribution in [0, 0.1) is 12.7 Å². The first-order chi connectivity index (χ1) is 8.56. The minimum absolute atomic E-state index is 0.303. The fourth-order valence-corrected chi connectivity index (χ4v) is 1.83. The van der Waals surface area contributed by atoms with Gasteiger partial charge in [-0.3, -0.25) is 4.79 Å². The van der Waals surface area contributed by atoms with Crippen molar-refractivity contribution in [3.8, 4) is 0 Å². The van der Waals surface area contributed by atoms with Crippen LogP contribution in [0.5, 0.6) is 0 Å². The van der Waals surface area contributed by atoms with Crippen molar-refractivity contribution < 1.29 is 9.18 Å². The van der Waals surface area contributed by atoms with Gasteiger partial charge in [-0.1, -0.05) is 22.0 Å². The first-order valence-electron chi connectivity index (χ1n) is 5.25. The lowest BCUT2D eigenvalue weighted by Gasteiger charge is -2.07. The predicted octanol–water partition coefficient (Wildman–Crippen LogP) is 3.54. The Hall–Kier alpha value is -1.75. The number of halogens is 2. The van der Waals surface area contributed by atoms with E-state index in [9.17, 15) is 9.18 Å². The summed E-state index contributed by atoms with van der Waals surface area (Å²) in [6.45, 7) is 1.75. The number of nitrogens with zero attached hydrogens (tertiary/aromatic N) is 1. The zero-order valence-corrected chi connectivity index (χ0v) is 11.2. The van der Waals surface area contributed by atoms with Crippen LogP contribution in [0.2, 0.25) is 0 Å². The zero-order valence-electron chi connectivity index (χ0n) is 9.58. The fraction of sp³-hybridized carbons (Fsp3) is 0.0769. The number of hydrogen-bond donors (Lipinski definition) is 1. The van der Waals surface area contributed by atoms with Crippen molar-refractivity contribution >= 4 is 27.7 Å². The van der Waals surface area contributed by atoms with E-state index >= 15 is 0 Å². The highest BCUT2D eigenvalue weighted by atomic mass is 79.9. The maximum absolute atomic E-state index is 13.1. The summed E-state index contributed by atoms with van der Waals surface area (Å²) in [4.78, 5) is 16.0. The Morgan fingerprint density at radius 3 is 2.83 bits per heavy atom. The number of aromatic nitrogens is 1. The second-order valence-corrected chi connectivity index (χ2v) is 4.69. The van der Waals surface area contributed by atoms with Gasteiger partial charge in [0.2, 0.25) is 0 Å². The number of benzene rings is 1. The van der Waals surface area contributed by atoms with Crippen molar-refractivity contribution in [3.63, 3.8) is 0 Å². The first-order valence-corrected chi connectivity index (χ1v) is 6.04. The molecule has 0 unspecified atom stereocenters. The van der Waals surface area contributed by atoms with Gasteiger partial charge >= 0.3 is 0 Å². The molecule has 5 heteroatoms. The van der Waals surface area contributed by atoms with E-state index in [0.717, 1.165) is 4.47 Å². The van der Waals surface area contributed by atoms with Gasteiger partial charge in [-0.15, -0.1) is 0 Å². The number of hydrogen-bond acceptors (Lipinski definition) is 2. The molecule has 0 radical (unpaired) electrons. The standard InChI is InChI=1S/C13H10BrFN2O/c1-8-2-3-10(15)7-11(8)13(18)17-12-6-9(14)4-5-16-12/h2-7H,1H3,(H,16,17,18). The van der Waals surface area contributed by atoms with Crippen molar-refractivity contribution in [1.29, 1.82) is 0 Å².